The van der Waals surface area contributed by atoms with Gasteiger partial charge in [-0.05, 0) is 24.2 Å². The Morgan fingerprint density at radius 2 is 1.88 bits per heavy atom. The van der Waals surface area contributed by atoms with E-state index in [0.29, 0.717) is 25.6 Å². The van der Waals surface area contributed by atoms with Gasteiger partial charge in [-0.2, -0.15) is 12.7 Å². The molecule has 0 radical (unpaired) electrons. The van der Waals surface area contributed by atoms with Crippen molar-refractivity contribution >= 4 is 10.2 Å². The third kappa shape index (κ3) is 2.99. The predicted molar refractivity (Wildman–Crippen MR) is 67.9 cm³/mol. The van der Waals surface area contributed by atoms with Crippen molar-refractivity contribution in [2.75, 3.05) is 32.7 Å². The Morgan fingerprint density at radius 1 is 1.29 bits per heavy atom. The highest BCUT2D eigenvalue weighted by Gasteiger charge is 2.46. The summed E-state index contributed by atoms with van der Waals surface area (Å²) in [5.41, 5.74) is 0.223. The van der Waals surface area contributed by atoms with Crippen LogP contribution < -0.4 is 10.0 Å². The first-order chi connectivity index (χ1) is 7.96. The first kappa shape index (κ1) is 13.3. The lowest BCUT2D eigenvalue weighted by Crippen LogP contribution is -2.51. The Balaban J connectivity index is 1.89. The summed E-state index contributed by atoms with van der Waals surface area (Å²) in [6.07, 6.45) is 2.30. The van der Waals surface area contributed by atoms with E-state index in [9.17, 15) is 8.42 Å². The molecule has 0 aromatic rings. The van der Waals surface area contributed by atoms with Crippen LogP contribution in [0.3, 0.4) is 0 Å². The molecule has 0 amide bonds. The third-order valence-corrected chi connectivity index (χ3v) is 5.69. The number of piperazine rings is 1. The minimum atomic E-state index is -3.27. The summed E-state index contributed by atoms with van der Waals surface area (Å²) in [5.74, 6) is 0.549. The molecule has 5 nitrogen and oxygen atoms in total. The average molecular weight is 261 g/mol. The van der Waals surface area contributed by atoms with Gasteiger partial charge in [-0.25, -0.2) is 4.72 Å². The highest BCUT2D eigenvalue weighted by molar-refractivity contribution is 7.87. The van der Waals surface area contributed by atoms with Crippen molar-refractivity contribution in [1.29, 1.82) is 0 Å². The molecule has 1 heterocycles. The maximum absolute atomic E-state index is 12.1. The molecule has 0 spiro atoms. The maximum atomic E-state index is 12.1. The number of rotatable bonds is 5. The molecule has 1 saturated heterocycles. The van der Waals surface area contributed by atoms with Crippen LogP contribution in [0.25, 0.3) is 0 Å². The fourth-order valence-corrected chi connectivity index (χ4v) is 3.65. The molecule has 100 valence electrons. The van der Waals surface area contributed by atoms with Gasteiger partial charge in [0.15, 0.2) is 0 Å². The molecule has 0 bridgehead atoms. The van der Waals surface area contributed by atoms with Gasteiger partial charge in [-0.15, -0.1) is 0 Å². The van der Waals surface area contributed by atoms with E-state index in [0.717, 1.165) is 25.9 Å². The predicted octanol–water partition coefficient (Wildman–Crippen LogP) is 0.162. The van der Waals surface area contributed by atoms with Crippen LogP contribution in [0.4, 0.5) is 0 Å². The van der Waals surface area contributed by atoms with E-state index in [2.05, 4.69) is 23.9 Å². The summed E-state index contributed by atoms with van der Waals surface area (Å²) < 4.78 is 28.5. The van der Waals surface area contributed by atoms with E-state index in [4.69, 9.17) is 0 Å². The zero-order chi connectivity index (χ0) is 12.5. The van der Waals surface area contributed by atoms with Crippen LogP contribution in [-0.4, -0.2) is 45.4 Å². The number of nitrogens with zero attached hydrogens (tertiary/aromatic N) is 1. The van der Waals surface area contributed by atoms with Crippen molar-refractivity contribution in [2.24, 2.45) is 11.3 Å². The number of hydrogen-bond donors (Lipinski definition) is 2. The van der Waals surface area contributed by atoms with Crippen LogP contribution in [0.15, 0.2) is 0 Å². The van der Waals surface area contributed by atoms with Crippen molar-refractivity contribution in [3.63, 3.8) is 0 Å². The van der Waals surface area contributed by atoms with Crippen LogP contribution in [0.2, 0.25) is 0 Å². The second-order valence-electron chi connectivity index (χ2n) is 5.49. The zero-order valence-corrected chi connectivity index (χ0v) is 11.5. The van der Waals surface area contributed by atoms with E-state index in [-0.39, 0.29) is 5.41 Å². The molecule has 2 rings (SSSR count). The van der Waals surface area contributed by atoms with Crippen LogP contribution in [-0.2, 0) is 10.2 Å². The molecule has 1 saturated carbocycles. The van der Waals surface area contributed by atoms with Crippen LogP contribution in [0, 0.1) is 11.3 Å². The lowest BCUT2D eigenvalue weighted by atomic mass is 9.93. The van der Waals surface area contributed by atoms with Gasteiger partial charge in [0.1, 0.15) is 0 Å². The summed E-state index contributed by atoms with van der Waals surface area (Å²) >= 11 is 0. The van der Waals surface area contributed by atoms with E-state index in [1.54, 1.807) is 4.31 Å². The minimum Gasteiger partial charge on any atom is -0.314 e. The largest absolute Gasteiger partial charge is 0.314 e. The van der Waals surface area contributed by atoms with Crippen molar-refractivity contribution in [3.8, 4) is 0 Å². The molecule has 2 N–H and O–H groups in total. The Bertz CT molecular complexity index is 357. The molecule has 17 heavy (non-hydrogen) atoms. The molecule has 6 heteroatoms. The van der Waals surface area contributed by atoms with Gasteiger partial charge in [-0.3, -0.25) is 0 Å². The first-order valence-electron chi connectivity index (χ1n) is 6.42. The van der Waals surface area contributed by atoms with E-state index in [1.807, 2.05) is 0 Å². The quantitative estimate of drug-likeness (QED) is 0.741. The SMILES string of the molecule is CC(C)C1(CNS(=O)(=O)N2CCNCC2)CC1. The van der Waals surface area contributed by atoms with Crippen molar-refractivity contribution in [3.05, 3.63) is 0 Å². The van der Waals surface area contributed by atoms with Crippen molar-refractivity contribution in [2.45, 2.75) is 26.7 Å². The highest BCUT2D eigenvalue weighted by Crippen LogP contribution is 2.51. The van der Waals surface area contributed by atoms with Gasteiger partial charge >= 0.3 is 0 Å². The minimum absolute atomic E-state index is 0.223. The topological polar surface area (TPSA) is 61.4 Å². The fraction of sp³-hybridized carbons (Fsp3) is 1.00. The second kappa shape index (κ2) is 4.84. The average Bonchev–Trinajstić information content (AvgIpc) is 3.09. The van der Waals surface area contributed by atoms with Crippen molar-refractivity contribution < 1.29 is 8.42 Å². The molecule has 1 aliphatic carbocycles. The second-order valence-corrected chi connectivity index (χ2v) is 7.25. The lowest BCUT2D eigenvalue weighted by Gasteiger charge is -2.28. The fourth-order valence-electron chi connectivity index (χ4n) is 2.33. The molecule has 0 aromatic heterocycles. The van der Waals surface area contributed by atoms with E-state index < -0.39 is 10.2 Å². The molecule has 0 unspecified atom stereocenters. The molecule has 2 aliphatic rings. The molecular formula is C11H23N3O2S. The molecular weight excluding hydrogens is 238 g/mol. The zero-order valence-electron chi connectivity index (χ0n) is 10.7. The standard InChI is InChI=1S/C11H23N3O2S/c1-10(2)11(3-4-11)9-13-17(15,16)14-7-5-12-6-8-14/h10,12-13H,3-9H2,1-2H3. The lowest BCUT2D eigenvalue weighted by molar-refractivity contribution is 0.332. The van der Waals surface area contributed by atoms with Gasteiger partial charge in [-0.1, -0.05) is 13.8 Å². The Hall–Kier alpha value is -0.170. The van der Waals surface area contributed by atoms with Gasteiger partial charge in [0.2, 0.25) is 0 Å². The molecule has 0 atom stereocenters. The Kier molecular flexibility index (Phi) is 3.77. The van der Waals surface area contributed by atoms with Crippen LogP contribution in [0.5, 0.6) is 0 Å². The summed E-state index contributed by atoms with van der Waals surface area (Å²) in [6.45, 7) is 7.58. The Labute approximate surface area is 104 Å². The molecule has 2 fully saturated rings. The summed E-state index contributed by atoms with van der Waals surface area (Å²) in [7, 11) is -3.27. The smallest absolute Gasteiger partial charge is 0.279 e. The van der Waals surface area contributed by atoms with Gasteiger partial charge in [0.25, 0.3) is 10.2 Å². The normalized spacial score (nSPS) is 25.1. The van der Waals surface area contributed by atoms with Crippen molar-refractivity contribution in [1.82, 2.24) is 14.3 Å². The maximum Gasteiger partial charge on any atom is 0.279 e. The summed E-state index contributed by atoms with van der Waals surface area (Å²) in [6, 6.07) is 0. The van der Waals surface area contributed by atoms with Gasteiger partial charge in [0.05, 0.1) is 0 Å². The summed E-state index contributed by atoms with van der Waals surface area (Å²) in [5, 5.41) is 3.16. The van der Waals surface area contributed by atoms with Gasteiger partial charge in [0, 0.05) is 32.7 Å². The van der Waals surface area contributed by atoms with E-state index in [1.165, 1.54) is 0 Å². The third-order valence-electron chi connectivity index (χ3n) is 4.14. The number of nitrogens with one attached hydrogen (secondary N) is 2. The molecule has 1 aliphatic heterocycles. The van der Waals surface area contributed by atoms with E-state index >= 15 is 0 Å². The monoisotopic (exact) mass is 261 g/mol. The highest BCUT2D eigenvalue weighted by atomic mass is 32.2. The first-order valence-corrected chi connectivity index (χ1v) is 7.86. The van der Waals surface area contributed by atoms with Crippen LogP contribution >= 0.6 is 0 Å². The van der Waals surface area contributed by atoms with Gasteiger partial charge < -0.3 is 5.32 Å². The Morgan fingerprint density at radius 3 is 2.35 bits per heavy atom. The summed E-state index contributed by atoms with van der Waals surface area (Å²) in [4.78, 5) is 0. The number of hydrogen-bond acceptors (Lipinski definition) is 3. The molecule has 0 aromatic carbocycles. The van der Waals surface area contributed by atoms with Crippen LogP contribution in [0.1, 0.15) is 26.7 Å².